The first-order chi connectivity index (χ1) is 10.1. The zero-order valence-electron chi connectivity index (χ0n) is 11.7. The molecule has 0 bridgehead atoms. The summed E-state index contributed by atoms with van der Waals surface area (Å²) in [6, 6.07) is 7.19. The Morgan fingerprint density at radius 1 is 1.24 bits per heavy atom. The maximum atomic E-state index is 12.5. The van der Waals surface area contributed by atoms with Crippen molar-refractivity contribution in [2.24, 2.45) is 11.8 Å². The lowest BCUT2D eigenvalue weighted by Crippen LogP contribution is -2.45. The number of carboxylic acid groups (broad SMARTS) is 1. The number of likely N-dealkylation sites (tertiary alicyclic amines) is 1. The number of amides is 1. The summed E-state index contributed by atoms with van der Waals surface area (Å²) in [7, 11) is 0. The largest absolute Gasteiger partial charge is 0.485 e. The van der Waals surface area contributed by atoms with Crippen molar-refractivity contribution in [2.45, 2.75) is 13.0 Å². The Morgan fingerprint density at radius 2 is 1.95 bits per heavy atom. The number of carboxylic acids is 1. The molecule has 21 heavy (non-hydrogen) atoms. The van der Waals surface area contributed by atoms with Crippen molar-refractivity contribution >= 4 is 11.9 Å². The van der Waals surface area contributed by atoms with Gasteiger partial charge in [0.05, 0.1) is 5.92 Å². The molecule has 1 fully saturated rings. The van der Waals surface area contributed by atoms with Gasteiger partial charge in [-0.2, -0.15) is 0 Å². The first kappa shape index (κ1) is 13.7. The maximum Gasteiger partial charge on any atom is 0.308 e. The van der Waals surface area contributed by atoms with Crippen LogP contribution in [0.25, 0.3) is 0 Å². The summed E-state index contributed by atoms with van der Waals surface area (Å²) >= 11 is 0. The summed E-state index contributed by atoms with van der Waals surface area (Å²) in [5.41, 5.74) is 0. The van der Waals surface area contributed by atoms with Crippen LogP contribution in [-0.4, -0.2) is 47.7 Å². The lowest BCUT2D eigenvalue weighted by Gasteiger charge is -2.28. The molecule has 0 aliphatic carbocycles. The highest BCUT2D eigenvalue weighted by Crippen LogP contribution is 2.32. The third kappa shape index (κ3) is 2.53. The van der Waals surface area contributed by atoms with Crippen LogP contribution in [-0.2, 0) is 9.59 Å². The molecule has 1 saturated heterocycles. The summed E-state index contributed by atoms with van der Waals surface area (Å²) in [6.45, 7) is 2.67. The molecule has 2 aliphatic heterocycles. The highest BCUT2D eigenvalue weighted by Gasteiger charge is 2.40. The van der Waals surface area contributed by atoms with E-state index in [0.717, 1.165) is 0 Å². The van der Waals surface area contributed by atoms with Crippen molar-refractivity contribution in [3.8, 4) is 11.5 Å². The quantitative estimate of drug-likeness (QED) is 0.880. The van der Waals surface area contributed by atoms with Crippen molar-refractivity contribution in [3.63, 3.8) is 0 Å². The highest BCUT2D eigenvalue weighted by atomic mass is 16.6. The summed E-state index contributed by atoms with van der Waals surface area (Å²) in [4.78, 5) is 25.1. The second-order valence-electron chi connectivity index (χ2n) is 5.53. The molecule has 0 radical (unpaired) electrons. The average Bonchev–Trinajstić information content (AvgIpc) is 2.88. The fourth-order valence-corrected chi connectivity index (χ4v) is 2.81. The number of hydrogen-bond donors (Lipinski definition) is 1. The van der Waals surface area contributed by atoms with Crippen molar-refractivity contribution < 1.29 is 24.2 Å². The molecule has 3 rings (SSSR count). The minimum absolute atomic E-state index is 0.0526. The molecule has 0 saturated carbocycles. The Balaban J connectivity index is 1.69. The Morgan fingerprint density at radius 3 is 2.62 bits per heavy atom. The Hall–Kier alpha value is -2.24. The monoisotopic (exact) mass is 291 g/mol. The molecule has 1 N–H and O–H groups in total. The van der Waals surface area contributed by atoms with Crippen LogP contribution in [0.4, 0.5) is 0 Å². The van der Waals surface area contributed by atoms with Crippen LogP contribution in [0, 0.1) is 11.8 Å². The van der Waals surface area contributed by atoms with E-state index in [9.17, 15) is 9.59 Å². The molecule has 1 aromatic rings. The smallest absolute Gasteiger partial charge is 0.308 e. The number of carbonyl (C=O) groups excluding carboxylic acids is 1. The van der Waals surface area contributed by atoms with Gasteiger partial charge in [-0.15, -0.1) is 0 Å². The van der Waals surface area contributed by atoms with E-state index in [0.29, 0.717) is 18.0 Å². The Labute approximate surface area is 122 Å². The molecule has 112 valence electrons. The van der Waals surface area contributed by atoms with Gasteiger partial charge in [-0.25, -0.2) is 0 Å². The molecule has 0 aromatic heterocycles. The second kappa shape index (κ2) is 5.27. The number of nitrogens with zero attached hydrogens (tertiary/aromatic N) is 1. The van der Waals surface area contributed by atoms with Gasteiger partial charge in [0.25, 0.3) is 5.91 Å². The molecular weight excluding hydrogens is 274 g/mol. The zero-order chi connectivity index (χ0) is 15.0. The van der Waals surface area contributed by atoms with Gasteiger partial charge in [0.15, 0.2) is 11.5 Å². The normalized spacial score (nSPS) is 27.5. The van der Waals surface area contributed by atoms with E-state index in [1.165, 1.54) is 0 Å². The number of ether oxygens (including phenoxy) is 2. The predicted molar refractivity (Wildman–Crippen MR) is 73.2 cm³/mol. The van der Waals surface area contributed by atoms with Crippen molar-refractivity contribution in [1.82, 2.24) is 4.90 Å². The summed E-state index contributed by atoms with van der Waals surface area (Å²) < 4.78 is 11.2. The van der Waals surface area contributed by atoms with E-state index >= 15 is 0 Å². The predicted octanol–water partition coefficient (Wildman–Crippen LogP) is 1.01. The topological polar surface area (TPSA) is 76.1 Å². The van der Waals surface area contributed by atoms with Gasteiger partial charge in [0.2, 0.25) is 6.10 Å². The number of aliphatic carboxylic acids is 1. The number of para-hydroxylation sites is 2. The molecule has 6 nitrogen and oxygen atoms in total. The fourth-order valence-electron chi connectivity index (χ4n) is 2.81. The summed E-state index contributed by atoms with van der Waals surface area (Å²) in [5, 5.41) is 9.13. The molecule has 2 heterocycles. The van der Waals surface area contributed by atoms with Crippen LogP contribution in [0.2, 0.25) is 0 Å². The van der Waals surface area contributed by atoms with Crippen molar-refractivity contribution in [2.75, 3.05) is 19.7 Å². The number of carbonyl (C=O) groups is 2. The molecule has 2 aliphatic rings. The van der Waals surface area contributed by atoms with E-state index in [1.54, 1.807) is 17.0 Å². The van der Waals surface area contributed by atoms with Gasteiger partial charge in [0, 0.05) is 13.1 Å². The number of hydrogen-bond acceptors (Lipinski definition) is 4. The molecule has 3 atom stereocenters. The van der Waals surface area contributed by atoms with Crippen molar-refractivity contribution in [1.29, 1.82) is 0 Å². The summed E-state index contributed by atoms with van der Waals surface area (Å²) in [6.07, 6.45) is -0.709. The standard InChI is InChI=1S/C15H17NO5/c1-9-6-16(7-10(9)15(18)19)14(17)13-8-20-11-4-2-3-5-12(11)21-13/h2-5,9-10,13H,6-8H2,1H3,(H,18,19). The van der Waals surface area contributed by atoms with Gasteiger partial charge >= 0.3 is 5.97 Å². The van der Waals surface area contributed by atoms with Gasteiger partial charge in [-0.3, -0.25) is 9.59 Å². The Bertz CT molecular complexity index is 573. The Kier molecular flexibility index (Phi) is 3.45. The van der Waals surface area contributed by atoms with Crippen LogP contribution < -0.4 is 9.47 Å². The highest BCUT2D eigenvalue weighted by molar-refractivity contribution is 5.83. The van der Waals surface area contributed by atoms with Crippen LogP contribution in [0.15, 0.2) is 24.3 Å². The minimum atomic E-state index is -0.857. The van der Waals surface area contributed by atoms with Crippen LogP contribution in [0.3, 0.4) is 0 Å². The third-order valence-corrected chi connectivity index (χ3v) is 4.03. The maximum absolute atomic E-state index is 12.5. The SMILES string of the molecule is CC1CN(C(=O)C2COc3ccccc3O2)CC1C(=O)O. The van der Waals surface area contributed by atoms with E-state index in [2.05, 4.69) is 0 Å². The molecule has 1 aromatic carbocycles. The fraction of sp³-hybridized carbons (Fsp3) is 0.467. The molecule has 1 amide bonds. The molecule has 6 heteroatoms. The van der Waals surface area contributed by atoms with Crippen LogP contribution in [0.5, 0.6) is 11.5 Å². The summed E-state index contributed by atoms with van der Waals surface area (Å²) in [5.74, 6) is -0.457. The van der Waals surface area contributed by atoms with Crippen molar-refractivity contribution in [3.05, 3.63) is 24.3 Å². The van der Waals surface area contributed by atoms with Crippen LogP contribution >= 0.6 is 0 Å². The van der Waals surface area contributed by atoms with E-state index in [4.69, 9.17) is 14.6 Å². The van der Waals surface area contributed by atoms with Crippen LogP contribution in [0.1, 0.15) is 6.92 Å². The second-order valence-corrected chi connectivity index (χ2v) is 5.53. The third-order valence-electron chi connectivity index (χ3n) is 4.03. The zero-order valence-corrected chi connectivity index (χ0v) is 11.7. The first-order valence-corrected chi connectivity index (χ1v) is 6.96. The first-order valence-electron chi connectivity index (χ1n) is 6.96. The van der Waals surface area contributed by atoms with Gasteiger partial charge in [-0.05, 0) is 18.1 Å². The molecule has 3 unspecified atom stereocenters. The van der Waals surface area contributed by atoms with Gasteiger partial charge in [-0.1, -0.05) is 19.1 Å². The van der Waals surface area contributed by atoms with Gasteiger partial charge in [0.1, 0.15) is 6.61 Å². The minimum Gasteiger partial charge on any atom is -0.485 e. The van der Waals surface area contributed by atoms with E-state index in [1.807, 2.05) is 19.1 Å². The van der Waals surface area contributed by atoms with E-state index in [-0.39, 0.29) is 25.0 Å². The number of fused-ring (bicyclic) bond motifs is 1. The van der Waals surface area contributed by atoms with Gasteiger partial charge < -0.3 is 19.5 Å². The average molecular weight is 291 g/mol. The lowest BCUT2D eigenvalue weighted by atomic mass is 9.99. The molecular formula is C15H17NO5. The lowest BCUT2D eigenvalue weighted by molar-refractivity contribution is -0.143. The van der Waals surface area contributed by atoms with E-state index < -0.39 is 18.0 Å². The molecule has 0 spiro atoms. The number of benzene rings is 1. The number of rotatable bonds is 2.